The minimum absolute atomic E-state index is 0.494. The summed E-state index contributed by atoms with van der Waals surface area (Å²) in [6, 6.07) is 25.7. The van der Waals surface area contributed by atoms with Crippen molar-refractivity contribution in [1.82, 2.24) is 0 Å². The molecular weight excluding hydrogens is 578 g/mol. The van der Waals surface area contributed by atoms with E-state index in [1.807, 2.05) is 0 Å². The number of ether oxygens (including phenoxy) is 4. The number of fused-ring (bicyclic) bond motifs is 1. The van der Waals surface area contributed by atoms with Gasteiger partial charge in [0.05, 0.1) is 0 Å². The molecule has 12 heteroatoms. The molecule has 3 aromatic rings. The number of hydrogen-bond donors (Lipinski definition) is 0. The van der Waals surface area contributed by atoms with E-state index in [1.165, 1.54) is 6.92 Å². The molecule has 0 bridgehead atoms. The van der Waals surface area contributed by atoms with E-state index in [-0.39, 0.29) is 0 Å². The normalized spacial score (nSPS) is 24.8. The molecule has 0 saturated carbocycles. The van der Waals surface area contributed by atoms with Crippen molar-refractivity contribution in [3.63, 3.8) is 0 Å². The Kier molecular flexibility index (Phi) is 7.81. The SMILES string of the molecule is CC1(C)OC2C(COC(=O)C(F)(F)S(=O)OS(c3ccccc3)(c3ccccc3)c3ccccc3)OC(=O)C2(C)O1. The van der Waals surface area contributed by atoms with Crippen LogP contribution in [0, 0.1) is 0 Å². The van der Waals surface area contributed by atoms with E-state index in [9.17, 15) is 13.8 Å². The fourth-order valence-electron chi connectivity index (χ4n) is 4.84. The van der Waals surface area contributed by atoms with Gasteiger partial charge < -0.3 is 18.9 Å². The van der Waals surface area contributed by atoms with Gasteiger partial charge in [-0.25, -0.2) is 17.4 Å². The monoisotopic (exact) mass is 606 g/mol. The summed E-state index contributed by atoms with van der Waals surface area (Å²) >= 11 is -3.50. The summed E-state index contributed by atoms with van der Waals surface area (Å²) in [5, 5.41) is -4.57. The number of halogens is 2. The van der Waals surface area contributed by atoms with Gasteiger partial charge in [0.15, 0.2) is 17.5 Å². The van der Waals surface area contributed by atoms with Crippen LogP contribution in [0.1, 0.15) is 20.8 Å². The number of carbonyl (C=O) groups excluding carboxylic acids is 2. The van der Waals surface area contributed by atoms with E-state index < -0.39 is 68.8 Å². The highest BCUT2D eigenvalue weighted by Gasteiger charge is 2.65. The van der Waals surface area contributed by atoms with Crippen molar-refractivity contribution in [3.05, 3.63) is 91.0 Å². The first-order valence-corrected chi connectivity index (χ1v) is 15.3. The highest BCUT2D eigenvalue weighted by atomic mass is 32.3. The standard InChI is InChI=1S/C29H28F2O8S2/c1-27(2)37-24-23(36-25(32)28(24,3)38-27)19-35-26(33)29(30,31)40(34)39-41(20-13-7-4-8-14-20,21-15-9-5-10-16-21)22-17-11-6-12-18-22/h4-18,23-24H,19H2,1-3H3. The molecule has 5 rings (SSSR count). The molecule has 4 unspecified atom stereocenters. The molecule has 41 heavy (non-hydrogen) atoms. The van der Waals surface area contributed by atoms with Gasteiger partial charge >= 0.3 is 17.2 Å². The number of carbonyl (C=O) groups is 2. The van der Waals surface area contributed by atoms with Crippen molar-refractivity contribution in [3.8, 4) is 0 Å². The lowest BCUT2D eigenvalue weighted by atomic mass is 9.99. The van der Waals surface area contributed by atoms with Crippen LogP contribution in [0.4, 0.5) is 8.78 Å². The Morgan fingerprint density at radius 3 is 1.83 bits per heavy atom. The van der Waals surface area contributed by atoms with Crippen molar-refractivity contribution >= 4 is 33.3 Å². The minimum atomic E-state index is -4.57. The van der Waals surface area contributed by atoms with Crippen LogP contribution in [0.3, 0.4) is 0 Å². The van der Waals surface area contributed by atoms with E-state index in [4.69, 9.17) is 22.6 Å². The summed E-state index contributed by atoms with van der Waals surface area (Å²) in [5.74, 6) is -4.00. The van der Waals surface area contributed by atoms with E-state index >= 15 is 8.78 Å². The van der Waals surface area contributed by atoms with E-state index in [0.29, 0.717) is 14.7 Å². The Morgan fingerprint density at radius 2 is 1.37 bits per heavy atom. The summed E-state index contributed by atoms with van der Waals surface area (Å²) in [6.07, 6.45) is -2.20. The smallest absolute Gasteiger partial charge is 0.440 e. The Labute approximate surface area is 240 Å². The molecular formula is C29H28F2O8S2. The third-order valence-corrected chi connectivity index (χ3v) is 11.3. The molecule has 3 aromatic carbocycles. The fourth-order valence-corrected chi connectivity index (χ4v) is 9.50. The predicted octanol–water partition coefficient (Wildman–Crippen LogP) is 5.54. The number of alkyl halides is 2. The molecule has 4 atom stereocenters. The van der Waals surface area contributed by atoms with Gasteiger partial charge in [-0.05, 0) is 67.5 Å². The molecule has 8 nitrogen and oxygen atoms in total. The molecule has 0 N–H and O–H groups in total. The van der Waals surface area contributed by atoms with Crippen LogP contribution >= 0.6 is 10.3 Å². The fraction of sp³-hybridized carbons (Fsp3) is 0.310. The van der Waals surface area contributed by atoms with E-state index in [2.05, 4.69) is 0 Å². The summed E-state index contributed by atoms with van der Waals surface area (Å²) in [6.45, 7) is 3.86. The molecule has 2 aliphatic rings. The maximum atomic E-state index is 15.5. The lowest BCUT2D eigenvalue weighted by Gasteiger charge is -2.39. The van der Waals surface area contributed by atoms with Gasteiger partial charge in [0, 0.05) is 14.7 Å². The zero-order valence-electron chi connectivity index (χ0n) is 22.4. The van der Waals surface area contributed by atoms with Crippen LogP contribution in [-0.2, 0) is 43.2 Å². The number of rotatable bonds is 9. The second-order valence-electron chi connectivity index (χ2n) is 10.0. The van der Waals surface area contributed by atoms with Crippen molar-refractivity contribution in [2.45, 2.75) is 64.3 Å². The topological polar surface area (TPSA) is 97.4 Å². The molecule has 0 radical (unpaired) electrons. The van der Waals surface area contributed by atoms with Crippen LogP contribution in [0.5, 0.6) is 0 Å². The highest BCUT2D eigenvalue weighted by molar-refractivity contribution is 8.32. The van der Waals surface area contributed by atoms with Crippen LogP contribution in [0.25, 0.3) is 0 Å². The van der Waals surface area contributed by atoms with Gasteiger partial charge in [-0.3, -0.25) is 0 Å². The molecule has 2 fully saturated rings. The predicted molar refractivity (Wildman–Crippen MR) is 145 cm³/mol. The van der Waals surface area contributed by atoms with Crippen LogP contribution in [-0.4, -0.2) is 51.6 Å². The number of hydrogen-bond acceptors (Lipinski definition) is 8. The zero-order chi connectivity index (χ0) is 29.5. The Balaban J connectivity index is 1.42. The van der Waals surface area contributed by atoms with Crippen LogP contribution in [0.2, 0.25) is 0 Å². The maximum absolute atomic E-state index is 15.5. The number of benzene rings is 3. The quantitative estimate of drug-likeness (QED) is 0.293. The molecule has 2 aliphatic heterocycles. The molecule has 0 aliphatic carbocycles. The van der Waals surface area contributed by atoms with Crippen LogP contribution in [0.15, 0.2) is 106 Å². The Morgan fingerprint density at radius 1 is 0.902 bits per heavy atom. The van der Waals surface area contributed by atoms with E-state index in [1.54, 1.807) is 105 Å². The third kappa shape index (κ3) is 5.30. The second-order valence-corrected chi connectivity index (χ2v) is 14.1. The second kappa shape index (κ2) is 10.9. The van der Waals surface area contributed by atoms with Crippen molar-refractivity contribution < 1.29 is 45.2 Å². The summed E-state index contributed by atoms with van der Waals surface area (Å²) in [7, 11) is -3.01. The minimum Gasteiger partial charge on any atom is -0.456 e. The average Bonchev–Trinajstić information content (AvgIpc) is 3.35. The Bertz CT molecular complexity index is 1340. The molecule has 218 valence electrons. The lowest BCUT2D eigenvalue weighted by Crippen LogP contribution is -2.43. The Hall–Kier alpha value is -3.16. The third-order valence-electron chi connectivity index (χ3n) is 6.63. The maximum Gasteiger partial charge on any atom is 0.440 e. The largest absolute Gasteiger partial charge is 0.456 e. The molecule has 2 saturated heterocycles. The number of esters is 2. The van der Waals surface area contributed by atoms with Gasteiger partial charge in [0.1, 0.15) is 12.7 Å². The summed E-state index contributed by atoms with van der Waals surface area (Å²) in [4.78, 5) is 26.6. The van der Waals surface area contributed by atoms with Gasteiger partial charge in [-0.2, -0.15) is 8.78 Å². The molecule has 2 heterocycles. The van der Waals surface area contributed by atoms with Gasteiger partial charge in [0.25, 0.3) is 11.1 Å². The average molecular weight is 607 g/mol. The van der Waals surface area contributed by atoms with Crippen molar-refractivity contribution in [2.75, 3.05) is 6.61 Å². The first-order chi connectivity index (χ1) is 19.4. The van der Waals surface area contributed by atoms with Crippen molar-refractivity contribution in [2.24, 2.45) is 0 Å². The van der Waals surface area contributed by atoms with Gasteiger partial charge in [-0.1, -0.05) is 54.6 Å². The first-order valence-electron chi connectivity index (χ1n) is 12.6. The summed E-state index contributed by atoms with van der Waals surface area (Å²) < 4.78 is 71.5. The first kappa shape index (κ1) is 29.3. The van der Waals surface area contributed by atoms with E-state index in [0.717, 1.165) is 0 Å². The van der Waals surface area contributed by atoms with Gasteiger partial charge in [-0.15, -0.1) is 0 Å². The number of cyclic esters (lactones) is 1. The molecule has 0 aromatic heterocycles. The lowest BCUT2D eigenvalue weighted by molar-refractivity contribution is -0.200. The zero-order valence-corrected chi connectivity index (χ0v) is 24.0. The van der Waals surface area contributed by atoms with Gasteiger partial charge in [0.2, 0.25) is 0 Å². The highest BCUT2D eigenvalue weighted by Crippen LogP contribution is 2.70. The van der Waals surface area contributed by atoms with Crippen molar-refractivity contribution in [1.29, 1.82) is 0 Å². The molecule has 0 spiro atoms. The summed E-state index contributed by atoms with van der Waals surface area (Å²) in [5.41, 5.74) is -1.49. The molecule has 0 amide bonds. The van der Waals surface area contributed by atoms with Crippen LogP contribution < -0.4 is 0 Å².